The zero-order valence-corrected chi connectivity index (χ0v) is 9.61. The molecule has 2 nitrogen and oxygen atoms in total. The molecule has 2 heteroatoms. The quantitative estimate of drug-likeness (QED) is 0.524. The van der Waals surface area contributed by atoms with Crippen molar-refractivity contribution in [1.29, 1.82) is 0 Å². The fourth-order valence-electron chi connectivity index (χ4n) is 2.13. The van der Waals surface area contributed by atoms with Gasteiger partial charge in [-0.25, -0.2) is 0 Å². The van der Waals surface area contributed by atoms with Crippen LogP contribution in [0.3, 0.4) is 0 Å². The predicted octanol–water partition coefficient (Wildman–Crippen LogP) is 2.95. The van der Waals surface area contributed by atoms with Gasteiger partial charge in [0.1, 0.15) is 6.10 Å². The third kappa shape index (κ3) is 2.71. The molecule has 1 saturated heterocycles. The number of allylic oxidation sites excluding steroid dienone is 1. The molecule has 0 radical (unpaired) electrons. The lowest BCUT2D eigenvalue weighted by atomic mass is 9.82. The van der Waals surface area contributed by atoms with Crippen molar-refractivity contribution in [3.63, 3.8) is 0 Å². The highest BCUT2D eigenvalue weighted by Gasteiger charge is 2.36. The van der Waals surface area contributed by atoms with Gasteiger partial charge in [-0.05, 0) is 18.8 Å². The highest BCUT2D eigenvalue weighted by molar-refractivity contribution is 5.73. The molecule has 1 rings (SSSR count). The Balaban J connectivity index is 2.72. The van der Waals surface area contributed by atoms with Crippen molar-refractivity contribution in [2.75, 3.05) is 0 Å². The molecule has 0 bridgehead atoms. The van der Waals surface area contributed by atoms with E-state index in [1.54, 1.807) is 6.08 Å². The molecule has 0 aromatic heterocycles. The number of rotatable bonds is 4. The van der Waals surface area contributed by atoms with Gasteiger partial charge >= 0.3 is 5.97 Å². The first-order valence-corrected chi connectivity index (χ1v) is 5.54. The molecular weight excluding hydrogens is 188 g/mol. The molecule has 0 aromatic carbocycles. The van der Waals surface area contributed by atoms with Gasteiger partial charge in [-0.2, -0.15) is 0 Å². The van der Waals surface area contributed by atoms with Crippen LogP contribution in [0, 0.1) is 17.8 Å². The molecule has 3 atom stereocenters. The number of carbonyl (C=O) groups is 1. The summed E-state index contributed by atoms with van der Waals surface area (Å²) in [5.41, 5.74) is 0. The number of hydrogen-bond acceptors (Lipinski definition) is 2. The monoisotopic (exact) mass is 208 g/mol. The maximum absolute atomic E-state index is 11.7. The van der Waals surface area contributed by atoms with Gasteiger partial charge in [0, 0.05) is 5.92 Å². The lowest BCUT2D eigenvalue weighted by Crippen LogP contribution is -2.40. The summed E-state index contributed by atoms with van der Waals surface area (Å²) in [6, 6.07) is 0. The standard InChI is InChI=1S/C13H20O2/c1-5-7-11-8-10(6-2)12(9(3)4)15-13(11)14/h5-6,9-12H,1-2,7-8H2,3-4H3/t10-,11-,12+/m0/s1. The third-order valence-corrected chi connectivity index (χ3v) is 2.98. The maximum Gasteiger partial charge on any atom is 0.309 e. The Labute approximate surface area is 92.0 Å². The van der Waals surface area contributed by atoms with Gasteiger partial charge in [-0.15, -0.1) is 13.2 Å². The van der Waals surface area contributed by atoms with Crippen LogP contribution in [0.25, 0.3) is 0 Å². The molecule has 0 spiro atoms. The highest BCUT2D eigenvalue weighted by Crippen LogP contribution is 2.32. The first kappa shape index (κ1) is 12.0. The van der Waals surface area contributed by atoms with E-state index in [0.717, 1.165) is 6.42 Å². The Bertz CT molecular complexity index is 255. The van der Waals surface area contributed by atoms with Crippen LogP contribution in [0.5, 0.6) is 0 Å². The minimum absolute atomic E-state index is 0.00364. The van der Waals surface area contributed by atoms with Gasteiger partial charge in [0.25, 0.3) is 0 Å². The molecule has 0 aliphatic carbocycles. The van der Waals surface area contributed by atoms with Crippen molar-refractivity contribution in [2.45, 2.75) is 32.8 Å². The molecule has 1 aliphatic rings. The van der Waals surface area contributed by atoms with Crippen LogP contribution in [0.1, 0.15) is 26.7 Å². The predicted molar refractivity (Wildman–Crippen MR) is 61.3 cm³/mol. The zero-order chi connectivity index (χ0) is 11.4. The Kier molecular flexibility index (Phi) is 4.13. The van der Waals surface area contributed by atoms with E-state index in [9.17, 15) is 4.79 Å². The van der Waals surface area contributed by atoms with Crippen LogP contribution in [-0.4, -0.2) is 12.1 Å². The topological polar surface area (TPSA) is 26.3 Å². The van der Waals surface area contributed by atoms with Crippen LogP contribution in [0.15, 0.2) is 25.3 Å². The number of hydrogen-bond donors (Lipinski definition) is 0. The number of ether oxygens (including phenoxy) is 1. The van der Waals surface area contributed by atoms with Gasteiger partial charge < -0.3 is 4.74 Å². The van der Waals surface area contributed by atoms with Crippen molar-refractivity contribution in [3.05, 3.63) is 25.3 Å². The number of cyclic esters (lactones) is 1. The van der Waals surface area contributed by atoms with Gasteiger partial charge in [-0.3, -0.25) is 4.79 Å². The first-order valence-electron chi connectivity index (χ1n) is 5.54. The number of esters is 1. The first-order chi connectivity index (χ1) is 7.10. The summed E-state index contributed by atoms with van der Waals surface area (Å²) in [7, 11) is 0. The smallest absolute Gasteiger partial charge is 0.309 e. The van der Waals surface area contributed by atoms with Crippen molar-refractivity contribution in [2.24, 2.45) is 17.8 Å². The summed E-state index contributed by atoms with van der Waals surface area (Å²) in [6.07, 6.45) is 5.23. The molecule has 1 heterocycles. The van der Waals surface area contributed by atoms with E-state index in [1.165, 1.54) is 0 Å². The SMILES string of the molecule is C=CC[C@H]1C[C@H](C=C)[C@@H](C(C)C)OC1=O. The summed E-state index contributed by atoms with van der Waals surface area (Å²) < 4.78 is 5.46. The average molecular weight is 208 g/mol. The average Bonchev–Trinajstić information content (AvgIpc) is 2.20. The molecule has 1 aliphatic heterocycles. The van der Waals surface area contributed by atoms with Crippen molar-refractivity contribution >= 4 is 5.97 Å². The second-order valence-electron chi connectivity index (χ2n) is 4.50. The van der Waals surface area contributed by atoms with Gasteiger partial charge in [0.15, 0.2) is 0 Å². The molecule has 15 heavy (non-hydrogen) atoms. The van der Waals surface area contributed by atoms with Crippen molar-refractivity contribution < 1.29 is 9.53 Å². The van der Waals surface area contributed by atoms with Crippen LogP contribution in [0.2, 0.25) is 0 Å². The normalized spacial score (nSPS) is 31.1. The van der Waals surface area contributed by atoms with E-state index in [0.29, 0.717) is 12.3 Å². The molecular formula is C13H20O2. The fraction of sp³-hybridized carbons (Fsp3) is 0.615. The Hall–Kier alpha value is -1.05. The summed E-state index contributed by atoms with van der Waals surface area (Å²) in [4.78, 5) is 11.7. The summed E-state index contributed by atoms with van der Waals surface area (Å²) in [6.45, 7) is 11.6. The Morgan fingerprint density at radius 2 is 2.20 bits per heavy atom. The van der Waals surface area contributed by atoms with Gasteiger partial charge in [-0.1, -0.05) is 26.0 Å². The van der Waals surface area contributed by atoms with E-state index in [-0.39, 0.29) is 23.9 Å². The highest BCUT2D eigenvalue weighted by atomic mass is 16.5. The summed E-state index contributed by atoms with van der Waals surface area (Å²) >= 11 is 0. The minimum Gasteiger partial charge on any atom is -0.461 e. The molecule has 0 aromatic rings. The van der Waals surface area contributed by atoms with Crippen LogP contribution in [-0.2, 0) is 9.53 Å². The largest absolute Gasteiger partial charge is 0.461 e. The van der Waals surface area contributed by atoms with Crippen LogP contribution >= 0.6 is 0 Å². The van der Waals surface area contributed by atoms with Gasteiger partial charge in [0.2, 0.25) is 0 Å². The summed E-state index contributed by atoms with van der Waals surface area (Å²) in [5, 5.41) is 0. The second-order valence-corrected chi connectivity index (χ2v) is 4.50. The summed E-state index contributed by atoms with van der Waals surface area (Å²) in [5.74, 6) is 0.529. The minimum atomic E-state index is -0.0771. The van der Waals surface area contributed by atoms with E-state index in [1.807, 2.05) is 6.08 Å². The molecule has 84 valence electrons. The Morgan fingerprint density at radius 1 is 1.53 bits per heavy atom. The lowest BCUT2D eigenvalue weighted by molar-refractivity contribution is -0.167. The van der Waals surface area contributed by atoms with E-state index in [2.05, 4.69) is 27.0 Å². The number of carbonyl (C=O) groups excluding carboxylic acids is 1. The van der Waals surface area contributed by atoms with E-state index >= 15 is 0 Å². The zero-order valence-electron chi connectivity index (χ0n) is 9.61. The maximum atomic E-state index is 11.7. The van der Waals surface area contributed by atoms with Crippen molar-refractivity contribution in [3.8, 4) is 0 Å². The Morgan fingerprint density at radius 3 is 2.67 bits per heavy atom. The van der Waals surface area contributed by atoms with Crippen LogP contribution in [0.4, 0.5) is 0 Å². The van der Waals surface area contributed by atoms with E-state index < -0.39 is 0 Å². The van der Waals surface area contributed by atoms with Crippen LogP contribution < -0.4 is 0 Å². The van der Waals surface area contributed by atoms with E-state index in [4.69, 9.17) is 4.74 Å². The van der Waals surface area contributed by atoms with Gasteiger partial charge in [0.05, 0.1) is 5.92 Å². The third-order valence-electron chi connectivity index (χ3n) is 2.98. The molecule has 0 amide bonds. The van der Waals surface area contributed by atoms with Crippen molar-refractivity contribution in [1.82, 2.24) is 0 Å². The lowest BCUT2D eigenvalue weighted by Gasteiger charge is -2.35. The molecule has 0 unspecified atom stereocenters. The fourth-order valence-corrected chi connectivity index (χ4v) is 2.13. The molecule has 1 fully saturated rings. The second kappa shape index (κ2) is 5.15. The molecule has 0 N–H and O–H groups in total. The molecule has 0 saturated carbocycles.